The molecule has 2 unspecified atom stereocenters. The van der Waals surface area contributed by atoms with E-state index < -0.39 is 98.5 Å². The largest absolute Gasteiger partial charge is 0.394 e. The zero-order chi connectivity index (χ0) is 41.5. The van der Waals surface area contributed by atoms with E-state index in [4.69, 9.17) is 18.9 Å². The molecule has 6 aliphatic rings. The van der Waals surface area contributed by atoms with Crippen molar-refractivity contribution < 1.29 is 70.0 Å². The van der Waals surface area contributed by atoms with Crippen molar-refractivity contribution in [1.82, 2.24) is 0 Å². The van der Waals surface area contributed by atoms with Crippen LogP contribution in [0.4, 0.5) is 0 Å². The molecule has 5 fully saturated rings. The lowest BCUT2D eigenvalue weighted by Gasteiger charge is -2.67. The molecule has 20 atom stereocenters. The molecule has 0 bridgehead atoms. The van der Waals surface area contributed by atoms with Gasteiger partial charge < -0.3 is 70.0 Å². The fourth-order valence-electron chi connectivity index (χ4n) is 12.7. The van der Waals surface area contributed by atoms with E-state index in [9.17, 15) is 51.1 Å². The maximum absolute atomic E-state index is 12.3. The van der Waals surface area contributed by atoms with Gasteiger partial charge in [-0.1, -0.05) is 53.2 Å². The van der Waals surface area contributed by atoms with Crippen molar-refractivity contribution in [3.05, 3.63) is 11.6 Å². The van der Waals surface area contributed by atoms with Crippen LogP contribution in [-0.2, 0) is 18.9 Å². The maximum Gasteiger partial charge on any atom is 0.187 e. The normalized spacial score (nSPS) is 50.3. The molecule has 2 aliphatic heterocycles. The van der Waals surface area contributed by atoms with Gasteiger partial charge in [-0.2, -0.15) is 0 Å². The molecule has 10 N–H and O–H groups in total. The number of fused-ring (bicyclic) bond motifs is 5. The summed E-state index contributed by atoms with van der Waals surface area (Å²) in [5.41, 5.74) is -0.951. The molecule has 0 aromatic heterocycles. The third-order valence-electron chi connectivity index (χ3n) is 16.6. The Bertz CT molecular complexity index is 1400. The Labute approximate surface area is 331 Å². The van der Waals surface area contributed by atoms with Crippen molar-refractivity contribution in [2.45, 2.75) is 192 Å². The molecule has 2 heterocycles. The molecule has 14 nitrogen and oxygen atoms in total. The van der Waals surface area contributed by atoms with Gasteiger partial charge in [0.25, 0.3) is 0 Å². The summed E-state index contributed by atoms with van der Waals surface area (Å²) in [6.45, 7) is 15.4. The van der Waals surface area contributed by atoms with Gasteiger partial charge in [0.05, 0.1) is 37.1 Å². The van der Waals surface area contributed by atoms with Crippen LogP contribution in [0.15, 0.2) is 11.6 Å². The molecule has 6 rings (SSSR count). The quantitative estimate of drug-likeness (QED) is 0.132. The summed E-state index contributed by atoms with van der Waals surface area (Å²) < 4.78 is 23.7. The minimum Gasteiger partial charge on any atom is -0.394 e. The van der Waals surface area contributed by atoms with E-state index in [1.165, 1.54) is 5.57 Å². The van der Waals surface area contributed by atoms with E-state index in [0.717, 1.165) is 32.1 Å². The number of hydrogen-bond donors (Lipinski definition) is 10. The van der Waals surface area contributed by atoms with E-state index >= 15 is 0 Å². The minimum absolute atomic E-state index is 0.0323. The second-order valence-corrected chi connectivity index (χ2v) is 20.2. The number of aliphatic hydroxyl groups excluding tert-OH is 9. The van der Waals surface area contributed by atoms with Gasteiger partial charge in [0.15, 0.2) is 12.6 Å². The van der Waals surface area contributed by atoms with Gasteiger partial charge in [-0.3, -0.25) is 0 Å². The van der Waals surface area contributed by atoms with Gasteiger partial charge >= 0.3 is 0 Å². The maximum atomic E-state index is 12.3. The SMILES string of the molecule is C[C@H](CC[C@@H](O[C@@H]1O[C@H](CO)[C@@H](O)[C@H](O)[C@H]1O[C@@H]1O[C@H](CO)[C@@H](O)[C@H](O)[C@H]1O)C(C)(C)O)C1CC[C@@]2(C)[C@@H]3CC=C4C(CC[C@H](O)C4(C)C)[C@]3(C)[C@H](O)C[C@]12C. The molecule has 56 heavy (non-hydrogen) atoms. The van der Waals surface area contributed by atoms with E-state index in [1.807, 2.05) is 0 Å². The lowest BCUT2D eigenvalue weighted by atomic mass is 9.38. The first kappa shape index (κ1) is 44.7. The summed E-state index contributed by atoms with van der Waals surface area (Å²) >= 11 is 0. The van der Waals surface area contributed by atoms with Gasteiger partial charge in [0.1, 0.15) is 48.8 Å². The van der Waals surface area contributed by atoms with Crippen LogP contribution in [0.25, 0.3) is 0 Å². The van der Waals surface area contributed by atoms with Gasteiger partial charge in [0.2, 0.25) is 0 Å². The molecule has 0 aromatic carbocycles. The molecule has 2 saturated heterocycles. The van der Waals surface area contributed by atoms with Gasteiger partial charge in [-0.25, -0.2) is 0 Å². The van der Waals surface area contributed by atoms with Crippen LogP contribution in [-0.4, -0.2) is 150 Å². The first-order chi connectivity index (χ1) is 26.0. The second kappa shape index (κ2) is 15.9. The van der Waals surface area contributed by atoms with Crippen LogP contribution < -0.4 is 0 Å². The zero-order valence-electron chi connectivity index (χ0n) is 34.6. The third-order valence-corrected chi connectivity index (χ3v) is 16.6. The van der Waals surface area contributed by atoms with E-state index in [0.29, 0.717) is 19.3 Å². The van der Waals surface area contributed by atoms with Crippen molar-refractivity contribution in [3.63, 3.8) is 0 Å². The Hall–Kier alpha value is -0.820. The summed E-state index contributed by atoms with van der Waals surface area (Å²) in [7, 11) is 0. The van der Waals surface area contributed by atoms with Crippen LogP contribution in [0.1, 0.15) is 107 Å². The third kappa shape index (κ3) is 7.16. The van der Waals surface area contributed by atoms with E-state index in [-0.39, 0.29) is 45.3 Å². The highest BCUT2D eigenvalue weighted by atomic mass is 16.8. The molecule has 0 aromatic rings. The highest BCUT2D eigenvalue weighted by Crippen LogP contribution is 2.75. The Kier molecular flexibility index (Phi) is 12.7. The summed E-state index contributed by atoms with van der Waals surface area (Å²) in [6.07, 6.45) is -9.06. The van der Waals surface area contributed by atoms with Crippen LogP contribution in [0, 0.1) is 45.3 Å². The molecular weight excluding hydrogens is 728 g/mol. The van der Waals surface area contributed by atoms with Crippen molar-refractivity contribution in [2.75, 3.05) is 13.2 Å². The fourth-order valence-corrected chi connectivity index (χ4v) is 12.7. The Balaban J connectivity index is 1.19. The lowest BCUT2D eigenvalue weighted by molar-refractivity contribution is -0.375. The average Bonchev–Trinajstić information content (AvgIpc) is 3.40. The molecule has 3 saturated carbocycles. The number of allylic oxidation sites excluding steroid dienone is 1. The number of hydrogen-bond acceptors (Lipinski definition) is 14. The van der Waals surface area contributed by atoms with E-state index in [2.05, 4.69) is 47.6 Å². The summed E-state index contributed by atoms with van der Waals surface area (Å²) in [4.78, 5) is 0. The zero-order valence-corrected chi connectivity index (χ0v) is 34.6. The molecule has 14 heteroatoms. The number of ether oxygens (including phenoxy) is 4. The van der Waals surface area contributed by atoms with Gasteiger partial charge in [0, 0.05) is 10.8 Å². The first-order valence-corrected chi connectivity index (χ1v) is 21.0. The summed E-state index contributed by atoms with van der Waals surface area (Å²) in [5, 5.41) is 108. The highest BCUT2D eigenvalue weighted by Gasteiger charge is 2.70. The Morgan fingerprint density at radius 3 is 1.98 bits per heavy atom. The second-order valence-electron chi connectivity index (χ2n) is 20.2. The molecule has 0 spiro atoms. The highest BCUT2D eigenvalue weighted by molar-refractivity contribution is 5.31. The average molecular weight is 801 g/mol. The molecule has 4 aliphatic carbocycles. The van der Waals surface area contributed by atoms with Gasteiger partial charge in [-0.15, -0.1) is 0 Å². The monoisotopic (exact) mass is 800 g/mol. The van der Waals surface area contributed by atoms with Crippen molar-refractivity contribution in [1.29, 1.82) is 0 Å². The number of aliphatic hydroxyl groups is 10. The molecule has 324 valence electrons. The topological polar surface area (TPSA) is 239 Å². The fraction of sp³-hybridized carbons (Fsp3) is 0.952. The van der Waals surface area contributed by atoms with Crippen molar-refractivity contribution in [2.24, 2.45) is 45.3 Å². The van der Waals surface area contributed by atoms with Crippen LogP contribution in [0.5, 0.6) is 0 Å². The van der Waals surface area contributed by atoms with Crippen LogP contribution in [0.2, 0.25) is 0 Å². The smallest absolute Gasteiger partial charge is 0.187 e. The standard InChI is InChI=1S/C42H72O14/c1-20(21-15-16-40(6)26-12-10-22-23(11-13-27(45)38(22,2)3)42(26,8)28(46)17-41(21,40)7)9-14-29(39(4,5)52)55-37-35(33(50)31(48)25(19-44)54-37)56-36-34(51)32(49)30(47)24(18-43)53-36/h10,20-21,23-37,43-52H,9,11-19H2,1-8H3/t20-,21?,23?,24-,25-,26+,27+,28-,29-,30-,31-,32+,33+,34-,35-,36+,37+,40+,41-,42+/m1/s1. The summed E-state index contributed by atoms with van der Waals surface area (Å²) in [6, 6.07) is 0. The van der Waals surface area contributed by atoms with Crippen molar-refractivity contribution >= 4 is 0 Å². The summed E-state index contributed by atoms with van der Waals surface area (Å²) in [5.74, 6) is 0.931. The van der Waals surface area contributed by atoms with Crippen molar-refractivity contribution in [3.8, 4) is 0 Å². The van der Waals surface area contributed by atoms with Crippen LogP contribution >= 0.6 is 0 Å². The molecular formula is C42H72O14. The van der Waals surface area contributed by atoms with E-state index in [1.54, 1.807) is 13.8 Å². The predicted octanol–water partition coefficient (Wildman–Crippen LogP) is 1.12. The molecule has 0 radical (unpaired) electrons. The molecule has 0 amide bonds. The predicted molar refractivity (Wildman–Crippen MR) is 202 cm³/mol. The first-order valence-electron chi connectivity index (χ1n) is 21.0. The number of rotatable bonds is 11. The lowest BCUT2D eigenvalue weighted by Crippen LogP contribution is -2.65. The Morgan fingerprint density at radius 1 is 0.768 bits per heavy atom. The van der Waals surface area contributed by atoms with Crippen LogP contribution in [0.3, 0.4) is 0 Å². The minimum atomic E-state index is -1.80. The van der Waals surface area contributed by atoms with Gasteiger partial charge in [-0.05, 0) is 99.7 Å². The Morgan fingerprint density at radius 2 is 1.38 bits per heavy atom.